The number of pyridine rings is 1. The van der Waals surface area contributed by atoms with Crippen LogP contribution in [0.15, 0.2) is 12.3 Å². The van der Waals surface area contributed by atoms with Gasteiger partial charge in [0.2, 0.25) is 0 Å². The van der Waals surface area contributed by atoms with E-state index in [9.17, 15) is 8.78 Å². The molecule has 1 heterocycles. The third-order valence-electron chi connectivity index (χ3n) is 1.64. The summed E-state index contributed by atoms with van der Waals surface area (Å²) in [5.74, 6) is 0. The van der Waals surface area contributed by atoms with Gasteiger partial charge in [0.1, 0.15) is 5.69 Å². The standard InChI is InChI=1S/C8H8BrF2NO/c9-2-6-3-12-7(8(10)11)1-5(6)4-13/h1,3,8,13H,2,4H2. The maximum Gasteiger partial charge on any atom is 0.280 e. The Morgan fingerprint density at radius 1 is 1.46 bits per heavy atom. The van der Waals surface area contributed by atoms with Crippen molar-refractivity contribution >= 4 is 15.9 Å². The van der Waals surface area contributed by atoms with E-state index in [4.69, 9.17) is 5.11 Å². The Morgan fingerprint density at radius 2 is 2.15 bits per heavy atom. The van der Waals surface area contributed by atoms with E-state index < -0.39 is 6.43 Å². The minimum Gasteiger partial charge on any atom is -0.392 e. The molecule has 1 N–H and O–H groups in total. The third-order valence-corrected chi connectivity index (χ3v) is 2.25. The molecule has 0 amide bonds. The van der Waals surface area contributed by atoms with Crippen molar-refractivity contribution in [3.8, 4) is 0 Å². The van der Waals surface area contributed by atoms with E-state index >= 15 is 0 Å². The van der Waals surface area contributed by atoms with Gasteiger partial charge in [0, 0.05) is 11.5 Å². The van der Waals surface area contributed by atoms with E-state index in [-0.39, 0.29) is 12.3 Å². The number of aromatic nitrogens is 1. The second-order valence-electron chi connectivity index (χ2n) is 2.47. The van der Waals surface area contributed by atoms with E-state index in [1.54, 1.807) is 0 Å². The predicted octanol–water partition coefficient (Wildman–Crippen LogP) is 2.41. The molecule has 0 aromatic carbocycles. The molecule has 5 heteroatoms. The van der Waals surface area contributed by atoms with E-state index in [0.29, 0.717) is 10.9 Å². The first kappa shape index (κ1) is 10.5. The Labute approximate surface area is 82.7 Å². The summed E-state index contributed by atoms with van der Waals surface area (Å²) in [6.07, 6.45) is -1.24. The first-order valence-corrected chi connectivity index (χ1v) is 4.74. The lowest BCUT2D eigenvalue weighted by Gasteiger charge is -2.05. The Morgan fingerprint density at radius 3 is 2.62 bits per heavy atom. The maximum atomic E-state index is 12.2. The zero-order chi connectivity index (χ0) is 9.84. The molecular weight excluding hydrogens is 244 g/mol. The highest BCUT2D eigenvalue weighted by molar-refractivity contribution is 9.08. The van der Waals surface area contributed by atoms with Gasteiger partial charge in [-0.1, -0.05) is 15.9 Å². The molecule has 0 aliphatic heterocycles. The van der Waals surface area contributed by atoms with Crippen molar-refractivity contribution in [2.45, 2.75) is 18.4 Å². The summed E-state index contributed by atoms with van der Waals surface area (Å²) < 4.78 is 24.3. The molecule has 1 rings (SSSR count). The highest BCUT2D eigenvalue weighted by Gasteiger charge is 2.11. The first-order valence-electron chi connectivity index (χ1n) is 3.61. The van der Waals surface area contributed by atoms with Gasteiger partial charge in [-0.05, 0) is 17.2 Å². The lowest BCUT2D eigenvalue weighted by atomic mass is 10.1. The van der Waals surface area contributed by atoms with E-state index in [1.165, 1.54) is 12.3 Å². The van der Waals surface area contributed by atoms with Gasteiger partial charge in [0.25, 0.3) is 6.43 Å². The molecule has 0 aliphatic carbocycles. The lowest BCUT2D eigenvalue weighted by molar-refractivity contribution is 0.145. The van der Waals surface area contributed by atoms with Crippen LogP contribution in [0.5, 0.6) is 0 Å². The molecule has 13 heavy (non-hydrogen) atoms. The van der Waals surface area contributed by atoms with Crippen LogP contribution >= 0.6 is 15.9 Å². The molecular formula is C8H8BrF2NO. The van der Waals surface area contributed by atoms with Gasteiger partial charge in [-0.15, -0.1) is 0 Å². The monoisotopic (exact) mass is 251 g/mol. The number of hydrogen-bond donors (Lipinski definition) is 1. The van der Waals surface area contributed by atoms with E-state index in [0.717, 1.165) is 5.56 Å². The molecule has 0 unspecified atom stereocenters. The van der Waals surface area contributed by atoms with Gasteiger partial charge in [0.05, 0.1) is 6.61 Å². The Balaban J connectivity index is 3.05. The van der Waals surface area contributed by atoms with Crippen molar-refractivity contribution in [1.82, 2.24) is 4.98 Å². The molecule has 0 saturated carbocycles. The van der Waals surface area contributed by atoms with Crippen LogP contribution in [0.1, 0.15) is 23.2 Å². The number of nitrogens with zero attached hydrogens (tertiary/aromatic N) is 1. The summed E-state index contributed by atoms with van der Waals surface area (Å²) >= 11 is 3.17. The van der Waals surface area contributed by atoms with Crippen LogP contribution in [0.4, 0.5) is 8.78 Å². The molecule has 0 atom stereocenters. The average molecular weight is 252 g/mol. The summed E-state index contributed by atoms with van der Waals surface area (Å²) in [7, 11) is 0. The molecule has 0 radical (unpaired) electrons. The van der Waals surface area contributed by atoms with Gasteiger partial charge < -0.3 is 5.11 Å². The van der Waals surface area contributed by atoms with Gasteiger partial charge in [-0.2, -0.15) is 0 Å². The third kappa shape index (κ3) is 2.45. The van der Waals surface area contributed by atoms with Crippen LogP contribution in [0.25, 0.3) is 0 Å². The quantitative estimate of drug-likeness (QED) is 0.838. The normalized spacial score (nSPS) is 10.8. The zero-order valence-electron chi connectivity index (χ0n) is 6.67. The maximum absolute atomic E-state index is 12.2. The second-order valence-corrected chi connectivity index (χ2v) is 3.03. The van der Waals surface area contributed by atoms with Gasteiger partial charge in [0.15, 0.2) is 0 Å². The summed E-state index contributed by atoms with van der Waals surface area (Å²) in [4.78, 5) is 3.57. The summed E-state index contributed by atoms with van der Waals surface area (Å²) in [5.41, 5.74) is 0.919. The predicted molar refractivity (Wildman–Crippen MR) is 47.7 cm³/mol. The van der Waals surface area contributed by atoms with Crippen LogP contribution in [0, 0.1) is 0 Å². The Bertz CT molecular complexity index is 293. The van der Waals surface area contributed by atoms with Gasteiger partial charge in [-0.25, -0.2) is 8.78 Å². The van der Waals surface area contributed by atoms with E-state index in [1.807, 2.05) is 0 Å². The number of alkyl halides is 3. The van der Waals surface area contributed by atoms with Crippen LogP contribution in [0.3, 0.4) is 0 Å². The van der Waals surface area contributed by atoms with E-state index in [2.05, 4.69) is 20.9 Å². The molecule has 2 nitrogen and oxygen atoms in total. The smallest absolute Gasteiger partial charge is 0.280 e. The molecule has 0 saturated heterocycles. The van der Waals surface area contributed by atoms with Crippen molar-refractivity contribution < 1.29 is 13.9 Å². The topological polar surface area (TPSA) is 33.1 Å². The highest BCUT2D eigenvalue weighted by Crippen LogP contribution is 2.20. The fraction of sp³-hybridized carbons (Fsp3) is 0.375. The Kier molecular flexibility index (Phi) is 3.74. The summed E-state index contributed by atoms with van der Waals surface area (Å²) in [6, 6.07) is 1.22. The molecule has 0 spiro atoms. The van der Waals surface area contributed by atoms with Crippen LogP contribution in [-0.4, -0.2) is 10.1 Å². The largest absolute Gasteiger partial charge is 0.392 e. The van der Waals surface area contributed by atoms with Crippen LogP contribution in [-0.2, 0) is 11.9 Å². The molecule has 72 valence electrons. The fourth-order valence-electron chi connectivity index (χ4n) is 0.931. The second kappa shape index (κ2) is 4.62. The Hall–Kier alpha value is -0.550. The van der Waals surface area contributed by atoms with Crippen molar-refractivity contribution in [2.75, 3.05) is 0 Å². The van der Waals surface area contributed by atoms with Crippen LogP contribution < -0.4 is 0 Å². The molecule has 1 aromatic rings. The van der Waals surface area contributed by atoms with Crippen LogP contribution in [0.2, 0.25) is 0 Å². The van der Waals surface area contributed by atoms with Crippen molar-refractivity contribution in [1.29, 1.82) is 0 Å². The minimum absolute atomic E-state index is 0.247. The lowest BCUT2D eigenvalue weighted by Crippen LogP contribution is -1.97. The number of hydrogen-bond acceptors (Lipinski definition) is 2. The first-order chi connectivity index (χ1) is 6.19. The minimum atomic E-state index is -2.59. The number of aliphatic hydroxyl groups excluding tert-OH is 1. The van der Waals surface area contributed by atoms with Gasteiger partial charge in [-0.3, -0.25) is 4.98 Å². The molecule has 1 aromatic heterocycles. The van der Waals surface area contributed by atoms with Crippen molar-refractivity contribution in [2.24, 2.45) is 0 Å². The fourth-order valence-corrected chi connectivity index (χ4v) is 1.44. The number of halogens is 3. The molecule has 0 fully saturated rings. The SMILES string of the molecule is OCc1cc(C(F)F)ncc1CBr. The highest BCUT2D eigenvalue weighted by atomic mass is 79.9. The average Bonchev–Trinajstić information content (AvgIpc) is 2.16. The van der Waals surface area contributed by atoms with Crippen molar-refractivity contribution in [3.05, 3.63) is 29.1 Å². The molecule has 0 aliphatic rings. The summed E-state index contributed by atoms with van der Waals surface area (Å²) in [5, 5.41) is 9.36. The molecule has 0 bridgehead atoms. The van der Waals surface area contributed by atoms with Crippen molar-refractivity contribution in [3.63, 3.8) is 0 Å². The zero-order valence-corrected chi connectivity index (χ0v) is 8.26. The number of rotatable bonds is 3. The summed E-state index contributed by atoms with van der Waals surface area (Å²) in [6.45, 7) is -0.247. The van der Waals surface area contributed by atoms with Gasteiger partial charge >= 0.3 is 0 Å². The number of aliphatic hydroxyl groups is 1.